The van der Waals surface area contributed by atoms with Gasteiger partial charge in [0.15, 0.2) is 18.1 Å². The van der Waals surface area contributed by atoms with Crippen LogP contribution in [0, 0.1) is 17.0 Å². The monoisotopic (exact) mass is 547 g/mol. The second-order valence-electron chi connectivity index (χ2n) is 8.48. The average Bonchev–Trinajstić information content (AvgIpc) is 3.17. The first-order chi connectivity index (χ1) is 18.7. The number of thioether (sulfide) groups is 1. The van der Waals surface area contributed by atoms with Crippen LogP contribution in [0.2, 0.25) is 0 Å². The van der Waals surface area contributed by atoms with E-state index >= 15 is 0 Å². The van der Waals surface area contributed by atoms with Crippen LogP contribution in [0.1, 0.15) is 23.6 Å². The fourth-order valence-corrected chi connectivity index (χ4v) is 4.58. The molecule has 0 radical (unpaired) electrons. The molecule has 0 atom stereocenters. The summed E-state index contributed by atoms with van der Waals surface area (Å²) < 4.78 is 11.4. The van der Waals surface area contributed by atoms with E-state index in [-0.39, 0.29) is 29.7 Å². The van der Waals surface area contributed by atoms with Crippen molar-refractivity contribution in [2.75, 3.05) is 18.5 Å². The number of imide groups is 1. The average molecular weight is 548 g/mol. The van der Waals surface area contributed by atoms with E-state index in [0.717, 1.165) is 22.2 Å². The molecular formula is C28H25N3O7S. The molecular weight excluding hydrogens is 522 g/mol. The minimum absolute atomic E-state index is 0.00153. The summed E-state index contributed by atoms with van der Waals surface area (Å²) >= 11 is 0.809. The third kappa shape index (κ3) is 6.82. The number of benzene rings is 3. The molecule has 3 aromatic carbocycles. The highest BCUT2D eigenvalue weighted by Crippen LogP contribution is 2.35. The summed E-state index contributed by atoms with van der Waals surface area (Å²) in [5, 5.41) is 13.2. The first kappa shape index (κ1) is 27.4. The second-order valence-corrected chi connectivity index (χ2v) is 9.48. The number of carbonyl (C=O) groups excluding carboxylic acids is 3. The van der Waals surface area contributed by atoms with Gasteiger partial charge in [0.25, 0.3) is 22.7 Å². The van der Waals surface area contributed by atoms with Crippen molar-refractivity contribution in [1.29, 1.82) is 0 Å². The number of aryl methyl sites for hydroxylation is 1. The molecule has 4 rings (SSSR count). The number of amides is 3. The van der Waals surface area contributed by atoms with Gasteiger partial charge in [0.1, 0.15) is 0 Å². The van der Waals surface area contributed by atoms with Gasteiger partial charge in [0.2, 0.25) is 0 Å². The summed E-state index contributed by atoms with van der Waals surface area (Å²) in [6.07, 6.45) is 1.58. The third-order valence-corrected chi connectivity index (χ3v) is 6.61. The molecule has 0 aromatic heterocycles. The molecule has 39 heavy (non-hydrogen) atoms. The van der Waals surface area contributed by atoms with Crippen LogP contribution in [0.3, 0.4) is 0 Å². The predicted octanol–water partition coefficient (Wildman–Crippen LogP) is 5.56. The van der Waals surface area contributed by atoms with Crippen molar-refractivity contribution < 1.29 is 28.8 Å². The topological polar surface area (TPSA) is 128 Å². The van der Waals surface area contributed by atoms with Crippen LogP contribution >= 0.6 is 11.8 Å². The number of nitro groups is 1. The summed E-state index contributed by atoms with van der Waals surface area (Å²) in [7, 11) is 0. The summed E-state index contributed by atoms with van der Waals surface area (Å²) in [4.78, 5) is 49.5. The van der Waals surface area contributed by atoms with Gasteiger partial charge in [-0.1, -0.05) is 36.4 Å². The van der Waals surface area contributed by atoms with E-state index in [1.165, 1.54) is 24.3 Å². The number of nitro benzene ring substituents is 1. The molecule has 0 unspecified atom stereocenters. The number of nitrogens with one attached hydrogen (secondary N) is 1. The fraction of sp³-hybridized carbons (Fsp3) is 0.179. The van der Waals surface area contributed by atoms with E-state index in [1.54, 1.807) is 30.3 Å². The molecule has 3 aromatic rings. The number of carbonyl (C=O) groups is 3. The Kier molecular flexibility index (Phi) is 8.62. The Morgan fingerprint density at radius 2 is 1.79 bits per heavy atom. The van der Waals surface area contributed by atoms with Gasteiger partial charge >= 0.3 is 0 Å². The Labute approximate surface area is 228 Å². The van der Waals surface area contributed by atoms with Gasteiger partial charge in [0, 0.05) is 17.8 Å². The highest BCUT2D eigenvalue weighted by atomic mass is 32.2. The number of anilines is 1. The minimum atomic E-state index is -0.514. The van der Waals surface area contributed by atoms with Crippen molar-refractivity contribution in [3.63, 3.8) is 0 Å². The molecule has 11 heteroatoms. The van der Waals surface area contributed by atoms with Crippen LogP contribution in [-0.2, 0) is 16.1 Å². The highest BCUT2D eigenvalue weighted by Gasteiger charge is 2.35. The number of rotatable bonds is 10. The van der Waals surface area contributed by atoms with Crippen LogP contribution in [0.25, 0.3) is 6.08 Å². The largest absolute Gasteiger partial charge is 0.490 e. The van der Waals surface area contributed by atoms with Crippen LogP contribution in [-0.4, -0.2) is 40.1 Å². The molecule has 1 aliphatic rings. The first-order valence-electron chi connectivity index (χ1n) is 12.0. The number of non-ortho nitro benzene ring substituents is 1. The number of hydrogen-bond acceptors (Lipinski definition) is 8. The maximum atomic E-state index is 12.9. The van der Waals surface area contributed by atoms with Gasteiger partial charge in [-0.15, -0.1) is 0 Å². The number of hydrogen-bond donors (Lipinski definition) is 1. The number of ether oxygens (including phenoxy) is 2. The zero-order valence-corrected chi connectivity index (χ0v) is 22.0. The molecule has 0 spiro atoms. The SMILES string of the molecule is CCOc1cc(C=C2SC(=O)N(Cc3ccc([N+](=O)[O-])cc3)C2=O)ccc1OCC(=O)Nc1ccccc1C. The van der Waals surface area contributed by atoms with Gasteiger partial charge in [-0.25, -0.2) is 0 Å². The molecule has 10 nitrogen and oxygen atoms in total. The normalized spacial score (nSPS) is 14.0. The van der Waals surface area contributed by atoms with Crippen LogP contribution in [0.4, 0.5) is 16.2 Å². The van der Waals surface area contributed by atoms with Gasteiger partial charge in [-0.05, 0) is 66.6 Å². The molecule has 3 amide bonds. The zero-order chi connectivity index (χ0) is 27.9. The van der Waals surface area contributed by atoms with Gasteiger partial charge in [0.05, 0.1) is 23.0 Å². The molecule has 1 heterocycles. The van der Waals surface area contributed by atoms with Crippen molar-refractivity contribution in [2.45, 2.75) is 20.4 Å². The van der Waals surface area contributed by atoms with Crippen LogP contribution < -0.4 is 14.8 Å². The molecule has 1 fully saturated rings. The summed E-state index contributed by atoms with van der Waals surface area (Å²) in [5.74, 6) is -0.0349. The highest BCUT2D eigenvalue weighted by molar-refractivity contribution is 8.18. The predicted molar refractivity (Wildman–Crippen MR) is 148 cm³/mol. The van der Waals surface area contributed by atoms with E-state index in [4.69, 9.17) is 9.47 Å². The standard InChI is InChI=1S/C28H25N3O7S/c1-3-37-24-14-20(10-13-23(24)38-17-26(32)29-22-7-5-4-6-18(22)2)15-25-27(33)30(28(34)39-25)16-19-8-11-21(12-9-19)31(35)36/h4-15H,3,16-17H2,1-2H3,(H,29,32). The summed E-state index contributed by atoms with van der Waals surface area (Å²) in [5.41, 5.74) is 2.76. The summed E-state index contributed by atoms with van der Waals surface area (Å²) in [6, 6.07) is 18.1. The molecule has 1 aliphatic heterocycles. The molecule has 1 N–H and O–H groups in total. The Hall–Kier alpha value is -4.64. The second kappa shape index (κ2) is 12.3. The minimum Gasteiger partial charge on any atom is -0.490 e. The smallest absolute Gasteiger partial charge is 0.293 e. The maximum absolute atomic E-state index is 12.9. The molecule has 200 valence electrons. The van der Waals surface area contributed by atoms with Gasteiger partial charge in [-0.3, -0.25) is 29.4 Å². The molecule has 0 bridgehead atoms. The maximum Gasteiger partial charge on any atom is 0.293 e. The quantitative estimate of drug-likeness (QED) is 0.199. The Morgan fingerprint density at radius 1 is 1.05 bits per heavy atom. The summed E-state index contributed by atoms with van der Waals surface area (Å²) in [6.45, 7) is 3.83. The number of para-hydroxylation sites is 1. The Bertz CT molecular complexity index is 1450. The lowest BCUT2D eigenvalue weighted by molar-refractivity contribution is -0.384. The van der Waals surface area contributed by atoms with Crippen molar-refractivity contribution in [3.8, 4) is 11.5 Å². The molecule has 0 aliphatic carbocycles. The van der Waals surface area contributed by atoms with Crippen LogP contribution in [0.5, 0.6) is 11.5 Å². The van der Waals surface area contributed by atoms with E-state index in [0.29, 0.717) is 34.9 Å². The fourth-order valence-electron chi connectivity index (χ4n) is 3.74. The zero-order valence-electron chi connectivity index (χ0n) is 21.2. The first-order valence-corrected chi connectivity index (χ1v) is 12.8. The van der Waals surface area contributed by atoms with Crippen molar-refractivity contribution >= 4 is 46.3 Å². The third-order valence-electron chi connectivity index (χ3n) is 5.70. The van der Waals surface area contributed by atoms with Crippen molar-refractivity contribution in [1.82, 2.24) is 4.90 Å². The molecule has 1 saturated heterocycles. The van der Waals surface area contributed by atoms with Gasteiger partial charge < -0.3 is 14.8 Å². The Morgan fingerprint density at radius 3 is 2.49 bits per heavy atom. The lowest BCUT2D eigenvalue weighted by atomic mass is 10.1. The Balaban J connectivity index is 1.44. The molecule has 0 saturated carbocycles. The van der Waals surface area contributed by atoms with Crippen LogP contribution in [0.15, 0.2) is 71.6 Å². The van der Waals surface area contributed by atoms with Crippen molar-refractivity contribution in [3.05, 3.63) is 98.4 Å². The van der Waals surface area contributed by atoms with Crippen molar-refractivity contribution in [2.24, 2.45) is 0 Å². The van der Waals surface area contributed by atoms with E-state index < -0.39 is 16.1 Å². The van der Waals surface area contributed by atoms with E-state index in [1.807, 2.05) is 32.0 Å². The lowest BCUT2D eigenvalue weighted by Crippen LogP contribution is -2.27. The van der Waals surface area contributed by atoms with E-state index in [2.05, 4.69) is 5.32 Å². The lowest BCUT2D eigenvalue weighted by Gasteiger charge is -2.13. The number of nitrogens with zero attached hydrogens (tertiary/aromatic N) is 2. The van der Waals surface area contributed by atoms with Gasteiger partial charge in [-0.2, -0.15) is 0 Å². The van der Waals surface area contributed by atoms with E-state index in [9.17, 15) is 24.5 Å².